The topological polar surface area (TPSA) is 102 Å². The maximum absolute atomic E-state index is 12.9. The second-order valence-electron chi connectivity index (χ2n) is 11.3. The molecule has 0 spiro atoms. The van der Waals surface area contributed by atoms with Crippen molar-refractivity contribution in [2.75, 3.05) is 5.75 Å². The molecule has 0 aliphatic carbocycles. The molecule has 4 aromatic carbocycles. The van der Waals surface area contributed by atoms with Gasteiger partial charge in [-0.15, -0.1) is 0 Å². The fraction of sp³-hybridized carbons (Fsp3) is 0.189. The van der Waals surface area contributed by atoms with Crippen molar-refractivity contribution in [3.05, 3.63) is 149 Å². The molecule has 1 aromatic heterocycles. The minimum Gasteiger partial charge on any atom is -0.392 e. The number of aliphatic hydroxyl groups is 1. The molecule has 8 nitrogen and oxygen atoms in total. The van der Waals surface area contributed by atoms with E-state index in [1.165, 1.54) is 4.90 Å². The molecule has 0 radical (unpaired) electrons. The first-order valence-corrected chi connectivity index (χ1v) is 16.1. The molecule has 1 N–H and O–H groups in total. The molecule has 2 amide bonds. The minimum atomic E-state index is -0.576. The van der Waals surface area contributed by atoms with E-state index in [9.17, 15) is 14.7 Å². The number of imide groups is 1. The number of thioether (sulfide) groups is 1. The van der Waals surface area contributed by atoms with E-state index in [1.54, 1.807) is 54.5 Å². The highest BCUT2D eigenvalue weighted by molar-refractivity contribution is 7.99. The Kier molecular flexibility index (Phi) is 8.72. The van der Waals surface area contributed by atoms with E-state index < -0.39 is 6.29 Å². The van der Waals surface area contributed by atoms with E-state index in [0.29, 0.717) is 28.5 Å². The largest absolute Gasteiger partial charge is 0.392 e. The van der Waals surface area contributed by atoms with Gasteiger partial charge in [-0.2, -0.15) is 0 Å². The fourth-order valence-corrected chi connectivity index (χ4v) is 6.62. The van der Waals surface area contributed by atoms with Crippen molar-refractivity contribution in [3.63, 3.8) is 0 Å². The third kappa shape index (κ3) is 6.36. The molecule has 9 heteroatoms. The van der Waals surface area contributed by atoms with E-state index >= 15 is 0 Å². The van der Waals surface area contributed by atoms with Gasteiger partial charge in [0.05, 0.1) is 36.5 Å². The molecular formula is C37H31N3O5S. The lowest BCUT2D eigenvalue weighted by atomic mass is 9.99. The van der Waals surface area contributed by atoms with Crippen LogP contribution in [0.1, 0.15) is 61.8 Å². The van der Waals surface area contributed by atoms with Crippen molar-refractivity contribution in [1.82, 2.24) is 14.9 Å². The summed E-state index contributed by atoms with van der Waals surface area (Å²) in [7, 11) is 0. The molecular weight excluding hydrogens is 598 g/mol. The van der Waals surface area contributed by atoms with Gasteiger partial charge < -0.3 is 14.6 Å². The zero-order valence-electron chi connectivity index (χ0n) is 24.9. The molecule has 3 atom stereocenters. The average molecular weight is 630 g/mol. The molecule has 7 rings (SSSR count). The van der Waals surface area contributed by atoms with Crippen LogP contribution in [0.15, 0.2) is 121 Å². The van der Waals surface area contributed by atoms with Gasteiger partial charge in [-0.1, -0.05) is 90.6 Å². The van der Waals surface area contributed by atoms with Crippen LogP contribution in [0, 0.1) is 0 Å². The molecule has 1 saturated heterocycles. The van der Waals surface area contributed by atoms with Crippen LogP contribution in [0.25, 0.3) is 11.1 Å². The van der Waals surface area contributed by atoms with Gasteiger partial charge >= 0.3 is 0 Å². The second-order valence-corrected chi connectivity index (χ2v) is 12.2. The number of fused-ring (bicyclic) bond motifs is 1. The summed E-state index contributed by atoms with van der Waals surface area (Å²) in [5.74, 6) is 0.143. The molecule has 230 valence electrons. The lowest BCUT2D eigenvalue weighted by Gasteiger charge is -2.36. The van der Waals surface area contributed by atoms with Crippen molar-refractivity contribution in [3.8, 4) is 11.1 Å². The van der Waals surface area contributed by atoms with Crippen LogP contribution in [0.3, 0.4) is 0 Å². The number of aromatic nitrogens is 2. The SMILES string of the molecule is O=C1c2ccccc2C(=O)N1Cc1cccc(-c2ccc([C@H]3O[C@@H](CSc4ncccn4)C[C@@H](c4ccc(CO)cc4)O3)cc2)c1. The molecule has 2 aliphatic heterocycles. The summed E-state index contributed by atoms with van der Waals surface area (Å²) in [6.07, 6.45) is 3.27. The second kappa shape index (κ2) is 13.4. The Balaban J connectivity index is 1.08. The third-order valence-electron chi connectivity index (χ3n) is 8.22. The monoisotopic (exact) mass is 629 g/mol. The number of ether oxygens (including phenoxy) is 2. The molecule has 2 aliphatic rings. The van der Waals surface area contributed by atoms with Crippen molar-refractivity contribution >= 4 is 23.6 Å². The standard InChI is InChI=1S/C37H31N3O5S/c41-22-24-9-11-27(12-10-24)33-20-30(23-46-37-38-17-4-18-39-37)44-36(45-33)28-15-13-26(14-16-28)29-6-3-5-25(19-29)21-40-34(42)31-7-1-2-8-32(31)35(40)43/h1-19,30,33,36,41H,20-23H2/t30-,33+,36+/m1/s1. The van der Waals surface area contributed by atoms with Crippen LogP contribution < -0.4 is 0 Å². The summed E-state index contributed by atoms with van der Waals surface area (Å²) < 4.78 is 13.0. The van der Waals surface area contributed by atoms with Crippen LogP contribution in [0.5, 0.6) is 0 Å². The predicted molar refractivity (Wildman–Crippen MR) is 174 cm³/mol. The van der Waals surface area contributed by atoms with E-state index in [4.69, 9.17) is 9.47 Å². The third-order valence-corrected chi connectivity index (χ3v) is 9.22. The summed E-state index contributed by atoms with van der Waals surface area (Å²) in [4.78, 5) is 35.8. The molecule has 0 unspecified atom stereocenters. The highest BCUT2D eigenvalue weighted by Crippen LogP contribution is 2.39. The molecule has 1 fully saturated rings. The maximum atomic E-state index is 12.9. The Morgan fingerprint density at radius 3 is 2.13 bits per heavy atom. The Labute approximate surface area is 271 Å². The van der Waals surface area contributed by atoms with Gasteiger partial charge in [0.2, 0.25) is 0 Å². The summed E-state index contributed by atoms with van der Waals surface area (Å²) in [5.41, 5.74) is 6.52. The number of benzene rings is 4. The van der Waals surface area contributed by atoms with Crippen molar-refractivity contribution < 1.29 is 24.2 Å². The molecule has 0 bridgehead atoms. The molecule has 5 aromatic rings. The number of hydrogen-bond acceptors (Lipinski definition) is 8. The number of aliphatic hydroxyl groups excluding tert-OH is 1. The maximum Gasteiger partial charge on any atom is 0.261 e. The first kappa shape index (κ1) is 30.0. The lowest BCUT2D eigenvalue weighted by molar-refractivity contribution is -0.245. The van der Waals surface area contributed by atoms with Crippen LogP contribution in [0.2, 0.25) is 0 Å². The fourth-order valence-electron chi connectivity index (χ4n) is 5.80. The minimum absolute atomic E-state index is 0.00803. The van der Waals surface area contributed by atoms with Crippen molar-refractivity contribution in [1.29, 1.82) is 0 Å². The normalized spacial score (nSPS) is 19.3. The molecule has 3 heterocycles. The summed E-state index contributed by atoms with van der Waals surface area (Å²) in [5, 5.41) is 10.2. The van der Waals surface area contributed by atoms with Crippen LogP contribution in [0.4, 0.5) is 0 Å². The van der Waals surface area contributed by atoms with Gasteiger partial charge in [-0.05, 0) is 52.1 Å². The highest BCUT2D eigenvalue weighted by Gasteiger charge is 2.35. The van der Waals surface area contributed by atoms with Crippen LogP contribution in [-0.2, 0) is 22.6 Å². The zero-order valence-corrected chi connectivity index (χ0v) is 25.7. The van der Waals surface area contributed by atoms with E-state index in [2.05, 4.69) is 9.97 Å². The quantitative estimate of drug-likeness (QED) is 0.108. The van der Waals surface area contributed by atoms with E-state index in [1.807, 2.05) is 72.8 Å². The number of amides is 2. The summed E-state index contributed by atoms with van der Waals surface area (Å²) >= 11 is 1.56. The number of carbonyl (C=O) groups excluding carboxylic acids is 2. The molecule has 0 saturated carbocycles. The van der Waals surface area contributed by atoms with Gasteiger partial charge in [-0.25, -0.2) is 9.97 Å². The number of nitrogens with zero attached hydrogens (tertiary/aromatic N) is 3. The van der Waals surface area contributed by atoms with Crippen molar-refractivity contribution in [2.24, 2.45) is 0 Å². The number of carbonyl (C=O) groups is 2. The smallest absolute Gasteiger partial charge is 0.261 e. The van der Waals surface area contributed by atoms with Gasteiger partial charge in [0.1, 0.15) is 0 Å². The zero-order chi connectivity index (χ0) is 31.5. The number of hydrogen-bond donors (Lipinski definition) is 1. The lowest BCUT2D eigenvalue weighted by Crippen LogP contribution is -2.31. The van der Waals surface area contributed by atoms with Gasteiger partial charge in [0, 0.05) is 30.1 Å². The first-order valence-electron chi connectivity index (χ1n) is 15.1. The van der Waals surface area contributed by atoms with Crippen LogP contribution in [-0.4, -0.2) is 43.6 Å². The van der Waals surface area contributed by atoms with E-state index in [-0.39, 0.29) is 37.2 Å². The molecule has 46 heavy (non-hydrogen) atoms. The van der Waals surface area contributed by atoms with Gasteiger partial charge in [0.25, 0.3) is 11.8 Å². The first-order chi connectivity index (χ1) is 22.6. The highest BCUT2D eigenvalue weighted by atomic mass is 32.2. The Hall–Kier alpha value is -4.67. The van der Waals surface area contributed by atoms with Crippen molar-refractivity contribution in [2.45, 2.75) is 43.2 Å². The summed E-state index contributed by atoms with van der Waals surface area (Å²) in [6.45, 7) is 0.196. The predicted octanol–water partition coefficient (Wildman–Crippen LogP) is 6.77. The Morgan fingerprint density at radius 2 is 1.43 bits per heavy atom. The average Bonchev–Trinajstić information content (AvgIpc) is 3.36. The number of rotatable bonds is 9. The van der Waals surface area contributed by atoms with Gasteiger partial charge in [0.15, 0.2) is 11.4 Å². The Morgan fingerprint density at radius 1 is 0.739 bits per heavy atom. The van der Waals surface area contributed by atoms with Gasteiger partial charge in [-0.3, -0.25) is 14.5 Å². The van der Waals surface area contributed by atoms with E-state index in [0.717, 1.165) is 33.4 Å². The summed E-state index contributed by atoms with van der Waals surface area (Å²) in [6, 6.07) is 32.6. The Bertz CT molecular complexity index is 1810. The van der Waals surface area contributed by atoms with Crippen LogP contribution >= 0.6 is 11.8 Å².